The predicted molar refractivity (Wildman–Crippen MR) is 181 cm³/mol. The highest BCUT2D eigenvalue weighted by molar-refractivity contribution is 5.70. The largest absolute Gasteiger partial charge is 0.459 e. The van der Waals surface area contributed by atoms with Crippen molar-refractivity contribution < 1.29 is 19.1 Å². The molecule has 4 heteroatoms. The van der Waals surface area contributed by atoms with Gasteiger partial charge in [0.2, 0.25) is 0 Å². The normalized spacial score (nSPS) is 13.1. The summed E-state index contributed by atoms with van der Waals surface area (Å²) in [5.41, 5.74) is 0. The third kappa shape index (κ3) is 29.9. The highest BCUT2D eigenvalue weighted by atomic mass is 16.6. The second-order valence-electron chi connectivity index (χ2n) is 12.4. The third-order valence-corrected chi connectivity index (χ3v) is 8.08. The maximum absolute atomic E-state index is 12.2. The lowest BCUT2D eigenvalue weighted by Gasteiger charge is -2.21. The molecule has 4 nitrogen and oxygen atoms in total. The zero-order valence-corrected chi connectivity index (χ0v) is 28.5. The van der Waals surface area contributed by atoms with E-state index < -0.39 is 12.2 Å². The van der Waals surface area contributed by atoms with Crippen LogP contribution in [0.25, 0.3) is 0 Å². The lowest BCUT2D eigenvalue weighted by atomic mass is 10.1. The Kier molecular flexibility index (Phi) is 31.1. The van der Waals surface area contributed by atoms with Crippen molar-refractivity contribution in [2.75, 3.05) is 0 Å². The van der Waals surface area contributed by atoms with Gasteiger partial charge in [-0.15, -0.1) is 0 Å². The second kappa shape index (κ2) is 32.3. The molecule has 0 amide bonds. The van der Waals surface area contributed by atoms with E-state index in [2.05, 4.69) is 38.2 Å². The minimum Gasteiger partial charge on any atom is -0.459 e. The second-order valence-corrected chi connectivity index (χ2v) is 12.4. The Morgan fingerprint density at radius 2 is 0.690 bits per heavy atom. The van der Waals surface area contributed by atoms with Crippen LogP contribution in [0.1, 0.15) is 195 Å². The van der Waals surface area contributed by atoms with Crippen LogP contribution in [0.2, 0.25) is 0 Å². The highest BCUT2D eigenvalue weighted by Gasteiger charge is 2.20. The first kappa shape index (κ1) is 40.4. The Labute approximate surface area is 261 Å². The summed E-state index contributed by atoms with van der Waals surface area (Å²) < 4.78 is 11.0. The Morgan fingerprint density at radius 1 is 0.429 bits per heavy atom. The van der Waals surface area contributed by atoms with Crippen LogP contribution < -0.4 is 0 Å². The van der Waals surface area contributed by atoms with Crippen molar-refractivity contribution in [3.05, 3.63) is 24.3 Å². The summed E-state index contributed by atoms with van der Waals surface area (Å²) >= 11 is 0. The van der Waals surface area contributed by atoms with Gasteiger partial charge in [0.15, 0.2) is 0 Å². The minimum absolute atomic E-state index is 0.182. The molecule has 0 rings (SSSR count). The summed E-state index contributed by atoms with van der Waals surface area (Å²) in [5.74, 6) is -0.368. The number of esters is 2. The zero-order chi connectivity index (χ0) is 30.9. The molecule has 0 spiro atoms. The summed E-state index contributed by atoms with van der Waals surface area (Å²) in [6.07, 6.45) is 38.8. The first-order valence-electron chi connectivity index (χ1n) is 18.2. The number of carbonyl (C=O) groups excluding carboxylic acids is 2. The van der Waals surface area contributed by atoms with Crippen LogP contribution in [0.3, 0.4) is 0 Å². The third-order valence-electron chi connectivity index (χ3n) is 8.08. The monoisotopic (exact) mass is 591 g/mol. The first-order valence-corrected chi connectivity index (χ1v) is 18.2. The Morgan fingerprint density at radius 3 is 1.00 bits per heavy atom. The molecule has 42 heavy (non-hydrogen) atoms. The number of allylic oxidation sites excluding steroid dienone is 4. The molecule has 0 aliphatic rings. The topological polar surface area (TPSA) is 52.6 Å². The van der Waals surface area contributed by atoms with E-state index in [9.17, 15) is 9.59 Å². The average molecular weight is 591 g/mol. The lowest BCUT2D eigenvalue weighted by Crippen LogP contribution is -2.30. The molecule has 0 saturated carbocycles. The molecule has 0 aromatic rings. The van der Waals surface area contributed by atoms with Crippen molar-refractivity contribution in [3.8, 4) is 0 Å². The fraction of sp³-hybridized carbons (Fsp3) is 0.842. The van der Waals surface area contributed by atoms with Gasteiger partial charge in [-0.1, -0.05) is 128 Å². The standard InChI is InChI=1S/C38H70O4/c1-5-7-9-11-13-15-17-19-20-22-24-26-28-30-32-34-38(40)42-36(4)35(3)41-37(39)33-31-29-27-25-23-21-18-16-14-12-10-8-6-2/h15-18,35-36H,5-14,19-34H2,1-4H3/b17-15+,18-16-/t35-,36+/m1/s1. The smallest absolute Gasteiger partial charge is 0.306 e. The molecule has 0 aliphatic carbocycles. The molecule has 246 valence electrons. The molecule has 0 saturated heterocycles. The Balaban J connectivity index is 3.60. The van der Waals surface area contributed by atoms with Crippen molar-refractivity contribution in [1.82, 2.24) is 0 Å². The molecular formula is C38H70O4. The lowest BCUT2D eigenvalue weighted by molar-refractivity contribution is -0.165. The molecule has 0 aromatic carbocycles. The maximum Gasteiger partial charge on any atom is 0.306 e. The van der Waals surface area contributed by atoms with Crippen LogP contribution in [0.4, 0.5) is 0 Å². The quantitative estimate of drug-likeness (QED) is 0.0458. The minimum atomic E-state index is -0.411. The van der Waals surface area contributed by atoms with E-state index in [1.165, 1.54) is 122 Å². The van der Waals surface area contributed by atoms with E-state index in [4.69, 9.17) is 9.47 Å². The number of ether oxygens (including phenoxy) is 2. The Bertz CT molecular complexity index is 653. The number of carbonyl (C=O) groups is 2. The van der Waals surface area contributed by atoms with Crippen LogP contribution in [-0.4, -0.2) is 24.1 Å². The van der Waals surface area contributed by atoms with Crippen molar-refractivity contribution in [1.29, 1.82) is 0 Å². The van der Waals surface area contributed by atoms with Gasteiger partial charge in [0, 0.05) is 12.8 Å². The van der Waals surface area contributed by atoms with Gasteiger partial charge in [-0.05, 0) is 78.1 Å². The Hall–Kier alpha value is -1.58. The van der Waals surface area contributed by atoms with Gasteiger partial charge in [-0.25, -0.2) is 0 Å². The van der Waals surface area contributed by atoms with Gasteiger partial charge < -0.3 is 9.47 Å². The van der Waals surface area contributed by atoms with E-state index in [0.29, 0.717) is 12.8 Å². The number of hydrogen-bond donors (Lipinski definition) is 0. The molecule has 0 bridgehead atoms. The van der Waals surface area contributed by atoms with Gasteiger partial charge in [0.05, 0.1) is 0 Å². The van der Waals surface area contributed by atoms with Crippen LogP contribution in [0.5, 0.6) is 0 Å². The van der Waals surface area contributed by atoms with Gasteiger partial charge in [0.25, 0.3) is 0 Å². The van der Waals surface area contributed by atoms with Crippen LogP contribution in [0.15, 0.2) is 24.3 Å². The van der Waals surface area contributed by atoms with Crippen molar-refractivity contribution >= 4 is 11.9 Å². The van der Waals surface area contributed by atoms with Crippen LogP contribution in [0, 0.1) is 0 Å². The highest BCUT2D eigenvalue weighted by Crippen LogP contribution is 2.14. The summed E-state index contributed by atoms with van der Waals surface area (Å²) in [4.78, 5) is 24.4. The van der Waals surface area contributed by atoms with E-state index >= 15 is 0 Å². The van der Waals surface area contributed by atoms with Gasteiger partial charge in [-0.3, -0.25) is 9.59 Å². The zero-order valence-electron chi connectivity index (χ0n) is 28.5. The molecule has 0 unspecified atom stereocenters. The van der Waals surface area contributed by atoms with E-state index in [0.717, 1.165) is 32.1 Å². The van der Waals surface area contributed by atoms with E-state index in [1.807, 2.05) is 13.8 Å². The summed E-state index contributed by atoms with van der Waals surface area (Å²) in [6.45, 7) is 8.14. The van der Waals surface area contributed by atoms with Gasteiger partial charge >= 0.3 is 11.9 Å². The molecule has 0 N–H and O–H groups in total. The first-order chi connectivity index (χ1) is 20.5. The fourth-order valence-electron chi connectivity index (χ4n) is 5.05. The van der Waals surface area contributed by atoms with Gasteiger partial charge in [-0.2, -0.15) is 0 Å². The van der Waals surface area contributed by atoms with Crippen LogP contribution >= 0.6 is 0 Å². The summed E-state index contributed by atoms with van der Waals surface area (Å²) in [7, 11) is 0. The maximum atomic E-state index is 12.2. The molecule has 0 heterocycles. The number of hydrogen-bond acceptors (Lipinski definition) is 4. The molecule has 2 atom stereocenters. The number of unbranched alkanes of at least 4 members (excludes halogenated alkanes) is 20. The molecule has 0 aromatic heterocycles. The van der Waals surface area contributed by atoms with E-state index in [-0.39, 0.29) is 11.9 Å². The molecule has 0 fully saturated rings. The summed E-state index contributed by atoms with van der Waals surface area (Å²) in [5, 5.41) is 0. The molecular weight excluding hydrogens is 520 g/mol. The fourth-order valence-corrected chi connectivity index (χ4v) is 5.05. The SMILES string of the molecule is CCCCCC/C=C\CCCCCCCC(=O)O[C@H](C)[C@H](C)OC(=O)CCCCCCCCC/C=C/CCCCCC. The predicted octanol–water partition coefficient (Wildman–Crippen LogP) is 12.1. The van der Waals surface area contributed by atoms with Gasteiger partial charge in [0.1, 0.15) is 12.2 Å². The summed E-state index contributed by atoms with van der Waals surface area (Å²) in [6, 6.07) is 0. The van der Waals surface area contributed by atoms with E-state index in [1.54, 1.807) is 0 Å². The van der Waals surface area contributed by atoms with Crippen molar-refractivity contribution in [2.45, 2.75) is 207 Å². The van der Waals surface area contributed by atoms with Crippen molar-refractivity contribution in [3.63, 3.8) is 0 Å². The average Bonchev–Trinajstić information content (AvgIpc) is 2.97. The molecule has 0 aliphatic heterocycles. The molecule has 0 radical (unpaired) electrons. The van der Waals surface area contributed by atoms with Crippen molar-refractivity contribution in [2.24, 2.45) is 0 Å². The number of rotatable bonds is 31. The van der Waals surface area contributed by atoms with Crippen LogP contribution in [-0.2, 0) is 19.1 Å².